The van der Waals surface area contributed by atoms with E-state index in [0.29, 0.717) is 5.92 Å². The van der Waals surface area contributed by atoms with Crippen LogP contribution in [0.4, 0.5) is 0 Å². The molecule has 0 aliphatic heterocycles. The Kier molecular flexibility index (Phi) is 4.84. The summed E-state index contributed by atoms with van der Waals surface area (Å²) in [5.74, 6) is 0.661. The van der Waals surface area contributed by atoms with E-state index in [1.165, 1.54) is 12.0 Å². The molecule has 1 heteroatoms. The van der Waals surface area contributed by atoms with Gasteiger partial charge in [-0.3, -0.25) is 0 Å². The Morgan fingerprint density at radius 2 is 1.88 bits per heavy atom. The first kappa shape index (κ1) is 14.8. The average molecular weight is 308 g/mol. The molecule has 0 amide bonds. The van der Waals surface area contributed by atoms with Crippen molar-refractivity contribution in [2.24, 2.45) is 5.92 Å². The molecular formula is C16H24Zr. The zero-order chi connectivity index (χ0) is 11.9. The molecule has 0 bridgehead atoms. The van der Waals surface area contributed by atoms with Crippen molar-refractivity contribution in [1.82, 2.24) is 0 Å². The van der Waals surface area contributed by atoms with E-state index in [1.54, 1.807) is 17.7 Å². The van der Waals surface area contributed by atoms with Crippen molar-refractivity contribution in [2.45, 2.75) is 41.5 Å². The van der Waals surface area contributed by atoms with Crippen LogP contribution in [0.25, 0.3) is 0 Å². The van der Waals surface area contributed by atoms with Crippen LogP contribution < -0.4 is 0 Å². The molecule has 0 aromatic heterocycles. The summed E-state index contributed by atoms with van der Waals surface area (Å²) >= 11 is -1.73. The predicted octanol–water partition coefficient (Wildman–Crippen LogP) is 4.78. The van der Waals surface area contributed by atoms with Gasteiger partial charge in [-0.2, -0.15) is 0 Å². The second-order valence-electron chi connectivity index (χ2n) is 4.87. The molecule has 0 spiro atoms. The van der Waals surface area contributed by atoms with Gasteiger partial charge < -0.3 is 0 Å². The molecule has 2 aliphatic carbocycles. The van der Waals surface area contributed by atoms with Crippen molar-refractivity contribution in [3.8, 4) is 0 Å². The summed E-state index contributed by atoms with van der Waals surface area (Å²) in [5.41, 5.74) is 4.65. The summed E-state index contributed by atoms with van der Waals surface area (Å²) < 4.78 is 7.96. The molecule has 1 unspecified atom stereocenters. The van der Waals surface area contributed by atoms with Crippen molar-refractivity contribution in [3.63, 3.8) is 0 Å². The third kappa shape index (κ3) is 2.45. The number of hydrogen-bond acceptors (Lipinski definition) is 0. The van der Waals surface area contributed by atoms with Crippen molar-refractivity contribution < 1.29 is 21.3 Å². The van der Waals surface area contributed by atoms with Gasteiger partial charge >= 0.3 is 107 Å². The summed E-state index contributed by atoms with van der Waals surface area (Å²) in [6.45, 7) is 9.21. The fourth-order valence-corrected chi connectivity index (χ4v) is 8.56. The van der Waals surface area contributed by atoms with Crippen LogP contribution in [0.1, 0.15) is 41.5 Å². The Hall–Kier alpha value is -0.287. The monoisotopic (exact) mass is 306 g/mol. The van der Waals surface area contributed by atoms with Gasteiger partial charge in [0.05, 0.1) is 0 Å². The second kappa shape index (κ2) is 5.57. The molecule has 0 fully saturated rings. The number of allylic oxidation sites excluding steroid dienone is 8. The molecule has 0 nitrogen and oxygen atoms in total. The fraction of sp³-hybridized carbons (Fsp3) is 0.438. The Morgan fingerprint density at radius 3 is 2.29 bits per heavy atom. The van der Waals surface area contributed by atoms with Crippen LogP contribution in [0.2, 0.25) is 0 Å². The molecule has 92 valence electrons. The van der Waals surface area contributed by atoms with Gasteiger partial charge in [-0.15, -0.1) is 0 Å². The summed E-state index contributed by atoms with van der Waals surface area (Å²) in [7, 11) is 0. The summed E-state index contributed by atoms with van der Waals surface area (Å²) in [4.78, 5) is 0. The van der Waals surface area contributed by atoms with E-state index in [9.17, 15) is 0 Å². The van der Waals surface area contributed by atoms with Crippen LogP contribution >= 0.6 is 0 Å². The van der Waals surface area contributed by atoms with Crippen LogP contribution in [0.15, 0.2) is 41.5 Å². The molecule has 0 heterocycles. The van der Waals surface area contributed by atoms with Crippen molar-refractivity contribution in [2.75, 3.05) is 0 Å². The van der Waals surface area contributed by atoms with E-state index in [-0.39, 0.29) is 7.43 Å². The Morgan fingerprint density at radius 1 is 1.24 bits per heavy atom. The SMILES string of the molecule is C.[CH2]=[Zr]([C]1=CC=CC1)[C]1=C(C)C(C)=C(C)C1C. The molecule has 2 rings (SSSR count). The number of rotatable bonds is 2. The topological polar surface area (TPSA) is 0 Å². The predicted molar refractivity (Wildman–Crippen MR) is 75.9 cm³/mol. The minimum atomic E-state index is -1.73. The van der Waals surface area contributed by atoms with Crippen molar-refractivity contribution in [3.05, 3.63) is 41.5 Å². The average Bonchev–Trinajstić information content (AvgIpc) is 2.84. The van der Waals surface area contributed by atoms with E-state index >= 15 is 0 Å². The first-order valence-electron chi connectivity index (χ1n) is 5.98. The maximum atomic E-state index is 4.58. The first-order valence-corrected chi connectivity index (χ1v) is 10.2. The Balaban J connectivity index is 0.00000144. The zero-order valence-corrected chi connectivity index (χ0v) is 13.2. The van der Waals surface area contributed by atoms with E-state index in [2.05, 4.69) is 50.1 Å². The Labute approximate surface area is 114 Å². The van der Waals surface area contributed by atoms with E-state index in [0.717, 1.165) is 0 Å². The standard InChI is InChI=1S/C9H13.C5H5.CH4.CH2.Zr/c1-6-5-7(2)9(4)8(6)3;1-2-4-5-3-1;;;/h6H,1-4H3;1-3H,4H2;1H4;1H2;. The third-order valence-corrected chi connectivity index (χ3v) is 10.5. The molecule has 0 aromatic carbocycles. The van der Waals surface area contributed by atoms with Crippen molar-refractivity contribution >= 4 is 4.21 Å². The van der Waals surface area contributed by atoms with Gasteiger partial charge in [0.25, 0.3) is 0 Å². The quantitative estimate of drug-likeness (QED) is 0.689. The van der Waals surface area contributed by atoms with Crippen LogP contribution in [0.5, 0.6) is 0 Å². The maximum absolute atomic E-state index is 4.58. The molecule has 0 N–H and O–H groups in total. The van der Waals surface area contributed by atoms with Gasteiger partial charge in [0.1, 0.15) is 0 Å². The summed E-state index contributed by atoms with van der Waals surface area (Å²) in [6, 6.07) is 0. The van der Waals surface area contributed by atoms with Gasteiger partial charge in [-0.1, -0.05) is 7.43 Å². The first-order chi connectivity index (χ1) is 7.54. The van der Waals surface area contributed by atoms with E-state index in [1.807, 2.05) is 0 Å². The van der Waals surface area contributed by atoms with Crippen LogP contribution in [-0.4, -0.2) is 4.21 Å². The van der Waals surface area contributed by atoms with Gasteiger partial charge in [0.2, 0.25) is 0 Å². The van der Waals surface area contributed by atoms with Gasteiger partial charge in [-0.05, 0) is 0 Å². The second-order valence-corrected chi connectivity index (χ2v) is 10.1. The molecule has 0 saturated carbocycles. The molecule has 2 aliphatic rings. The third-order valence-electron chi connectivity index (χ3n) is 4.12. The summed E-state index contributed by atoms with van der Waals surface area (Å²) in [5, 5.41) is 0. The van der Waals surface area contributed by atoms with Crippen LogP contribution in [-0.2, 0) is 21.3 Å². The molecule has 0 aromatic rings. The van der Waals surface area contributed by atoms with Gasteiger partial charge in [-0.25, -0.2) is 0 Å². The molecule has 0 saturated heterocycles. The van der Waals surface area contributed by atoms with Crippen LogP contribution in [0.3, 0.4) is 0 Å². The molecule has 1 atom stereocenters. The van der Waals surface area contributed by atoms with Gasteiger partial charge in [0.15, 0.2) is 0 Å². The van der Waals surface area contributed by atoms with Crippen LogP contribution in [0, 0.1) is 5.92 Å². The van der Waals surface area contributed by atoms with Gasteiger partial charge in [0, 0.05) is 0 Å². The molecule has 0 radical (unpaired) electrons. The molecule has 17 heavy (non-hydrogen) atoms. The molecular weight excluding hydrogens is 283 g/mol. The summed E-state index contributed by atoms with van der Waals surface area (Å²) in [6.07, 6.45) is 7.95. The fourth-order valence-electron chi connectivity index (χ4n) is 2.70. The number of hydrogen-bond donors (Lipinski definition) is 0. The minimum absolute atomic E-state index is 0. The van der Waals surface area contributed by atoms with Crippen molar-refractivity contribution in [1.29, 1.82) is 0 Å². The van der Waals surface area contributed by atoms with E-state index < -0.39 is 21.3 Å². The Bertz CT molecular complexity index is 470. The normalized spacial score (nSPS) is 23.1. The zero-order valence-electron chi connectivity index (χ0n) is 10.7. The van der Waals surface area contributed by atoms with E-state index in [4.69, 9.17) is 0 Å².